The van der Waals surface area contributed by atoms with Crippen LogP contribution in [0.25, 0.3) is 0 Å². The van der Waals surface area contributed by atoms with E-state index in [2.05, 4.69) is 20.9 Å². The number of nitrogens with zero attached hydrogens (tertiary/aromatic N) is 1. The zero-order valence-electron chi connectivity index (χ0n) is 17.7. The molecule has 8 heteroatoms. The van der Waals surface area contributed by atoms with Gasteiger partial charge in [-0.15, -0.1) is 24.0 Å². The van der Waals surface area contributed by atoms with E-state index in [9.17, 15) is 4.79 Å². The van der Waals surface area contributed by atoms with Crippen molar-refractivity contribution < 1.29 is 14.3 Å². The van der Waals surface area contributed by atoms with Gasteiger partial charge in [-0.05, 0) is 42.7 Å². The van der Waals surface area contributed by atoms with Gasteiger partial charge < -0.3 is 25.4 Å². The second-order valence-electron chi connectivity index (χ2n) is 6.34. The molecule has 0 unspecified atom stereocenters. The van der Waals surface area contributed by atoms with E-state index in [1.165, 1.54) is 0 Å². The molecular formula is C22H31IN4O3. The quantitative estimate of drug-likeness (QED) is 0.192. The van der Waals surface area contributed by atoms with Crippen molar-refractivity contribution in [3.63, 3.8) is 0 Å². The summed E-state index contributed by atoms with van der Waals surface area (Å²) >= 11 is 0. The van der Waals surface area contributed by atoms with E-state index in [1.807, 2.05) is 36.4 Å². The van der Waals surface area contributed by atoms with E-state index >= 15 is 0 Å². The van der Waals surface area contributed by atoms with E-state index in [1.54, 1.807) is 33.4 Å². The van der Waals surface area contributed by atoms with Crippen molar-refractivity contribution in [2.75, 3.05) is 40.9 Å². The topological polar surface area (TPSA) is 84.0 Å². The Kier molecular flexibility index (Phi) is 12.3. The van der Waals surface area contributed by atoms with Crippen LogP contribution in [0.3, 0.4) is 0 Å². The van der Waals surface area contributed by atoms with E-state index in [4.69, 9.17) is 9.47 Å². The fourth-order valence-electron chi connectivity index (χ4n) is 2.77. The van der Waals surface area contributed by atoms with E-state index in [0.29, 0.717) is 18.7 Å². The molecule has 0 aromatic heterocycles. The number of carbonyl (C=O) groups excluding carboxylic acids is 1. The third kappa shape index (κ3) is 8.48. The van der Waals surface area contributed by atoms with Gasteiger partial charge in [-0.3, -0.25) is 9.79 Å². The predicted octanol–water partition coefficient (Wildman–Crippen LogP) is 2.85. The van der Waals surface area contributed by atoms with Crippen LogP contribution in [-0.4, -0.2) is 52.8 Å². The molecule has 0 aliphatic carbocycles. The van der Waals surface area contributed by atoms with Crippen LogP contribution in [0.1, 0.15) is 22.3 Å². The lowest BCUT2D eigenvalue weighted by molar-refractivity contribution is 0.0953. The molecule has 2 aromatic rings. The van der Waals surface area contributed by atoms with E-state index in [-0.39, 0.29) is 29.9 Å². The number of amides is 1. The van der Waals surface area contributed by atoms with Crippen molar-refractivity contribution in [2.45, 2.75) is 12.8 Å². The number of benzene rings is 2. The number of aliphatic imine (C=N–C) groups is 1. The molecule has 3 N–H and O–H groups in total. The number of hydrogen-bond acceptors (Lipinski definition) is 4. The van der Waals surface area contributed by atoms with Crippen LogP contribution in [0.2, 0.25) is 0 Å². The summed E-state index contributed by atoms with van der Waals surface area (Å²) in [6.07, 6.45) is 1.63. The minimum absolute atomic E-state index is 0. The lowest BCUT2D eigenvalue weighted by Gasteiger charge is -2.13. The Bertz CT molecular complexity index is 800. The molecule has 0 aliphatic rings. The monoisotopic (exact) mass is 526 g/mol. The van der Waals surface area contributed by atoms with Crippen LogP contribution in [0.5, 0.6) is 11.5 Å². The second-order valence-corrected chi connectivity index (χ2v) is 6.34. The maximum Gasteiger partial charge on any atom is 0.251 e. The van der Waals surface area contributed by atoms with Gasteiger partial charge in [-0.1, -0.05) is 24.3 Å². The first kappa shape index (κ1) is 25.5. The summed E-state index contributed by atoms with van der Waals surface area (Å²) < 4.78 is 10.6. The lowest BCUT2D eigenvalue weighted by atomic mass is 10.1. The summed E-state index contributed by atoms with van der Waals surface area (Å²) in [7, 11) is 5.00. The zero-order chi connectivity index (χ0) is 20.9. The Morgan fingerprint density at radius 1 is 0.900 bits per heavy atom. The first-order valence-corrected chi connectivity index (χ1v) is 9.66. The number of nitrogens with one attached hydrogen (secondary N) is 3. The third-order valence-corrected chi connectivity index (χ3v) is 4.35. The second kappa shape index (κ2) is 14.5. The fourth-order valence-corrected chi connectivity index (χ4v) is 2.77. The van der Waals surface area contributed by atoms with Crippen molar-refractivity contribution in [1.82, 2.24) is 16.0 Å². The summed E-state index contributed by atoms with van der Waals surface area (Å²) in [5.74, 6) is 2.13. The number of rotatable bonds is 10. The van der Waals surface area contributed by atoms with Crippen LogP contribution in [0, 0.1) is 0 Å². The molecule has 0 aliphatic heterocycles. The highest BCUT2D eigenvalue weighted by Crippen LogP contribution is 2.27. The molecule has 2 rings (SSSR count). The molecule has 1 amide bonds. The highest BCUT2D eigenvalue weighted by Gasteiger charge is 2.05. The van der Waals surface area contributed by atoms with Gasteiger partial charge >= 0.3 is 0 Å². The standard InChI is InChI=1S/C22H30N4O3.HI/c1-23-22(25-14-7-13-24-21(27)18-8-5-4-6-9-18)26-15-12-17-10-11-19(28-2)20(16-17)29-3;/h4-6,8-11,16H,7,12-15H2,1-3H3,(H,24,27)(H2,23,25,26);1H. The van der Waals surface area contributed by atoms with Crippen molar-refractivity contribution in [2.24, 2.45) is 4.99 Å². The fraction of sp³-hybridized carbons (Fsp3) is 0.364. The van der Waals surface area contributed by atoms with Gasteiger partial charge in [0, 0.05) is 32.2 Å². The van der Waals surface area contributed by atoms with Crippen LogP contribution < -0.4 is 25.4 Å². The molecule has 0 heterocycles. The Morgan fingerprint density at radius 3 is 2.23 bits per heavy atom. The maximum atomic E-state index is 12.0. The van der Waals surface area contributed by atoms with Crippen molar-refractivity contribution in [3.8, 4) is 11.5 Å². The molecule has 30 heavy (non-hydrogen) atoms. The number of ether oxygens (including phenoxy) is 2. The van der Waals surface area contributed by atoms with Crippen LogP contribution in [0.4, 0.5) is 0 Å². The number of hydrogen-bond donors (Lipinski definition) is 3. The van der Waals surface area contributed by atoms with E-state index < -0.39 is 0 Å². The molecule has 0 atom stereocenters. The Hall–Kier alpha value is -2.49. The SMILES string of the molecule is CN=C(NCCCNC(=O)c1ccccc1)NCCc1ccc(OC)c(OC)c1.I. The Labute approximate surface area is 195 Å². The molecule has 7 nitrogen and oxygen atoms in total. The Morgan fingerprint density at radius 2 is 1.57 bits per heavy atom. The average molecular weight is 526 g/mol. The van der Waals surface area contributed by atoms with Crippen LogP contribution >= 0.6 is 24.0 Å². The van der Waals surface area contributed by atoms with Gasteiger partial charge in [0.2, 0.25) is 0 Å². The largest absolute Gasteiger partial charge is 0.493 e. The van der Waals surface area contributed by atoms with Crippen LogP contribution in [0.15, 0.2) is 53.5 Å². The highest BCUT2D eigenvalue weighted by atomic mass is 127. The maximum absolute atomic E-state index is 12.0. The minimum atomic E-state index is -0.0528. The Balaban J connectivity index is 0.00000450. The number of methoxy groups -OCH3 is 2. The highest BCUT2D eigenvalue weighted by molar-refractivity contribution is 14.0. The summed E-state index contributed by atoms with van der Waals surface area (Å²) in [6, 6.07) is 15.1. The average Bonchev–Trinajstić information content (AvgIpc) is 2.77. The molecule has 0 fully saturated rings. The van der Waals surface area contributed by atoms with Crippen LogP contribution in [-0.2, 0) is 6.42 Å². The van der Waals surface area contributed by atoms with E-state index in [0.717, 1.165) is 42.4 Å². The first-order chi connectivity index (χ1) is 14.2. The van der Waals surface area contributed by atoms with Crippen molar-refractivity contribution in [3.05, 3.63) is 59.7 Å². The molecule has 0 saturated carbocycles. The van der Waals surface area contributed by atoms with Gasteiger partial charge in [-0.25, -0.2) is 0 Å². The van der Waals surface area contributed by atoms with Crippen molar-refractivity contribution >= 4 is 35.8 Å². The number of carbonyl (C=O) groups is 1. The number of guanidine groups is 1. The van der Waals surface area contributed by atoms with Gasteiger partial charge in [-0.2, -0.15) is 0 Å². The summed E-state index contributed by atoms with van der Waals surface area (Å²) in [5, 5.41) is 9.46. The molecule has 0 saturated heterocycles. The van der Waals surface area contributed by atoms with Gasteiger partial charge in [0.1, 0.15) is 0 Å². The predicted molar refractivity (Wildman–Crippen MR) is 131 cm³/mol. The van der Waals surface area contributed by atoms with Crippen molar-refractivity contribution in [1.29, 1.82) is 0 Å². The lowest BCUT2D eigenvalue weighted by Crippen LogP contribution is -2.39. The summed E-state index contributed by atoms with van der Waals surface area (Å²) in [6.45, 7) is 2.05. The molecule has 0 spiro atoms. The van der Waals surface area contributed by atoms with Gasteiger partial charge in [0.15, 0.2) is 17.5 Å². The molecule has 0 bridgehead atoms. The van der Waals surface area contributed by atoms with Gasteiger partial charge in [0.25, 0.3) is 5.91 Å². The molecule has 0 radical (unpaired) electrons. The third-order valence-electron chi connectivity index (χ3n) is 4.35. The molecular weight excluding hydrogens is 495 g/mol. The summed E-state index contributed by atoms with van der Waals surface area (Å²) in [4.78, 5) is 16.2. The van der Waals surface area contributed by atoms with Gasteiger partial charge in [0.05, 0.1) is 14.2 Å². The smallest absolute Gasteiger partial charge is 0.251 e. The molecule has 164 valence electrons. The summed E-state index contributed by atoms with van der Waals surface area (Å²) in [5.41, 5.74) is 1.82. The number of halogens is 1. The zero-order valence-corrected chi connectivity index (χ0v) is 20.1. The normalized spacial score (nSPS) is 10.6. The minimum Gasteiger partial charge on any atom is -0.493 e. The first-order valence-electron chi connectivity index (χ1n) is 9.66. The molecule has 2 aromatic carbocycles.